The minimum atomic E-state index is -5.00. The van der Waals surface area contributed by atoms with Gasteiger partial charge in [0.15, 0.2) is 0 Å². The maximum Gasteiger partial charge on any atom is 0.422 e. The molecular formula is C28H39F5. The molecule has 0 unspecified atom stereocenters. The van der Waals surface area contributed by atoms with Crippen molar-refractivity contribution in [2.75, 3.05) is 0 Å². The van der Waals surface area contributed by atoms with Gasteiger partial charge in [0, 0.05) is 0 Å². The third-order valence-electron chi connectivity index (χ3n) is 8.14. The van der Waals surface area contributed by atoms with Gasteiger partial charge in [-0.15, -0.1) is 0 Å². The minimum Gasteiger partial charge on any atom is -0.206 e. The van der Waals surface area contributed by atoms with Crippen LogP contribution < -0.4 is 0 Å². The van der Waals surface area contributed by atoms with Crippen LogP contribution in [0.1, 0.15) is 102 Å². The largest absolute Gasteiger partial charge is 0.422 e. The Balaban J connectivity index is 1.32. The van der Waals surface area contributed by atoms with Gasteiger partial charge >= 0.3 is 6.18 Å². The van der Waals surface area contributed by atoms with Crippen LogP contribution in [0.5, 0.6) is 0 Å². The summed E-state index contributed by atoms with van der Waals surface area (Å²) < 4.78 is 65.5. The van der Waals surface area contributed by atoms with E-state index < -0.39 is 23.4 Å². The van der Waals surface area contributed by atoms with Crippen molar-refractivity contribution in [2.24, 2.45) is 23.7 Å². The molecule has 2 fully saturated rings. The Hall–Kier alpha value is -1.39. The van der Waals surface area contributed by atoms with E-state index in [9.17, 15) is 22.0 Å². The Morgan fingerprint density at radius 1 is 0.788 bits per heavy atom. The lowest BCUT2D eigenvalue weighted by atomic mass is 9.68. The first-order valence-electron chi connectivity index (χ1n) is 12.9. The summed E-state index contributed by atoms with van der Waals surface area (Å²) >= 11 is 0. The molecule has 5 heteroatoms. The zero-order chi connectivity index (χ0) is 23.8. The predicted molar refractivity (Wildman–Crippen MR) is 124 cm³/mol. The first-order chi connectivity index (χ1) is 15.8. The average molecular weight is 471 g/mol. The molecule has 1 aromatic rings. The van der Waals surface area contributed by atoms with Gasteiger partial charge in [0.2, 0.25) is 0 Å². The second-order valence-corrected chi connectivity index (χ2v) is 10.4. The summed E-state index contributed by atoms with van der Waals surface area (Å²) in [7, 11) is 0. The van der Waals surface area contributed by atoms with Gasteiger partial charge < -0.3 is 0 Å². The molecule has 0 N–H and O–H groups in total. The van der Waals surface area contributed by atoms with Crippen LogP contribution in [0, 0.1) is 35.3 Å². The third-order valence-corrected chi connectivity index (χ3v) is 8.14. The number of hydrogen-bond donors (Lipinski definition) is 0. The van der Waals surface area contributed by atoms with E-state index in [2.05, 4.69) is 19.1 Å². The van der Waals surface area contributed by atoms with Gasteiger partial charge in [-0.25, -0.2) is 8.78 Å². The maximum atomic E-state index is 13.7. The molecule has 0 atom stereocenters. The monoisotopic (exact) mass is 470 g/mol. The van der Waals surface area contributed by atoms with Gasteiger partial charge in [-0.3, -0.25) is 0 Å². The highest BCUT2D eigenvalue weighted by Gasteiger charge is 2.38. The molecule has 0 spiro atoms. The number of aryl methyl sites for hydroxylation is 1. The van der Waals surface area contributed by atoms with Crippen LogP contribution in [0.15, 0.2) is 24.3 Å². The standard InChI is InChI=1S/C28H39F5/c1-2-3-4-7-20-10-14-23(15-11-20)24-16-12-21(13-17-24)8-5-6-9-22-18-25(29)27(26(30)19-22)28(31,32)33/h2-3,18-21,23-24H,4-17H2,1H3/b3-2+. The molecule has 0 saturated heterocycles. The van der Waals surface area contributed by atoms with E-state index in [1.807, 2.05) is 0 Å². The van der Waals surface area contributed by atoms with Crippen molar-refractivity contribution in [1.82, 2.24) is 0 Å². The molecule has 2 aliphatic carbocycles. The lowest BCUT2D eigenvalue weighted by molar-refractivity contribution is -0.142. The molecule has 0 bridgehead atoms. The zero-order valence-corrected chi connectivity index (χ0v) is 19.9. The van der Waals surface area contributed by atoms with Crippen LogP contribution in [0.25, 0.3) is 0 Å². The lowest BCUT2D eigenvalue weighted by Gasteiger charge is -2.38. The Labute approximate surface area is 196 Å². The van der Waals surface area contributed by atoms with Crippen molar-refractivity contribution < 1.29 is 22.0 Å². The first kappa shape index (κ1) is 26.2. The smallest absolute Gasteiger partial charge is 0.206 e. The Bertz CT molecular complexity index is 727. The predicted octanol–water partition coefficient (Wildman–Crippen LogP) is 9.67. The molecule has 33 heavy (non-hydrogen) atoms. The minimum absolute atomic E-state index is 0.308. The molecule has 1 aromatic carbocycles. The van der Waals surface area contributed by atoms with Crippen LogP contribution in [-0.2, 0) is 12.6 Å². The molecular weight excluding hydrogens is 431 g/mol. The van der Waals surface area contributed by atoms with E-state index in [1.54, 1.807) is 0 Å². The molecule has 2 aliphatic rings. The topological polar surface area (TPSA) is 0 Å². The highest BCUT2D eigenvalue weighted by molar-refractivity contribution is 5.28. The molecule has 0 radical (unpaired) electrons. The highest BCUT2D eigenvalue weighted by Crippen LogP contribution is 2.43. The van der Waals surface area contributed by atoms with Crippen molar-refractivity contribution in [3.05, 3.63) is 47.0 Å². The molecule has 2 saturated carbocycles. The van der Waals surface area contributed by atoms with Crippen molar-refractivity contribution in [2.45, 2.75) is 103 Å². The Morgan fingerprint density at radius 2 is 1.30 bits per heavy atom. The molecule has 0 aromatic heterocycles. The van der Waals surface area contributed by atoms with E-state index in [0.717, 1.165) is 55.1 Å². The molecule has 0 amide bonds. The van der Waals surface area contributed by atoms with E-state index >= 15 is 0 Å². The Kier molecular flexibility index (Phi) is 9.81. The summed E-state index contributed by atoms with van der Waals surface area (Å²) in [5, 5.41) is 0. The van der Waals surface area contributed by atoms with Crippen molar-refractivity contribution >= 4 is 0 Å². The molecule has 3 rings (SSSR count). The van der Waals surface area contributed by atoms with Crippen LogP contribution in [0.3, 0.4) is 0 Å². The number of benzene rings is 1. The van der Waals surface area contributed by atoms with Gasteiger partial charge in [0.25, 0.3) is 0 Å². The maximum absolute atomic E-state index is 13.7. The molecule has 0 nitrogen and oxygen atoms in total. The van der Waals surface area contributed by atoms with Crippen LogP contribution in [0.2, 0.25) is 0 Å². The number of alkyl halides is 3. The molecule has 0 aliphatic heterocycles. The van der Waals surface area contributed by atoms with Gasteiger partial charge in [0.1, 0.15) is 17.2 Å². The van der Waals surface area contributed by atoms with E-state index in [1.165, 1.54) is 64.2 Å². The summed E-state index contributed by atoms with van der Waals surface area (Å²) in [5.74, 6) is 0.412. The fourth-order valence-electron chi connectivity index (χ4n) is 6.20. The second kappa shape index (κ2) is 12.4. The normalized spacial score (nSPS) is 26.7. The highest BCUT2D eigenvalue weighted by atomic mass is 19.4. The van der Waals surface area contributed by atoms with E-state index in [-0.39, 0.29) is 0 Å². The molecule has 186 valence electrons. The van der Waals surface area contributed by atoms with Crippen molar-refractivity contribution in [3.8, 4) is 0 Å². The summed E-state index contributed by atoms with van der Waals surface area (Å²) in [6, 6.07) is 1.68. The number of unbranched alkanes of at least 4 members (excludes halogenated alkanes) is 1. The average Bonchev–Trinajstić information content (AvgIpc) is 2.76. The van der Waals surface area contributed by atoms with E-state index in [0.29, 0.717) is 12.0 Å². The summed E-state index contributed by atoms with van der Waals surface area (Å²) in [6.45, 7) is 2.09. The summed E-state index contributed by atoms with van der Waals surface area (Å²) in [5.41, 5.74) is -1.48. The fraction of sp³-hybridized carbons (Fsp3) is 0.714. The SMILES string of the molecule is C/C=C/CCC1CCC(C2CCC(CCCCc3cc(F)c(C(F)(F)F)c(F)c3)CC2)CC1. The number of allylic oxidation sites excluding steroid dienone is 2. The van der Waals surface area contributed by atoms with Crippen LogP contribution in [0.4, 0.5) is 22.0 Å². The Morgan fingerprint density at radius 3 is 1.79 bits per heavy atom. The van der Waals surface area contributed by atoms with Crippen molar-refractivity contribution in [3.63, 3.8) is 0 Å². The molecule has 0 heterocycles. The van der Waals surface area contributed by atoms with Gasteiger partial charge in [-0.2, -0.15) is 13.2 Å². The van der Waals surface area contributed by atoms with E-state index in [4.69, 9.17) is 0 Å². The number of rotatable bonds is 9. The summed E-state index contributed by atoms with van der Waals surface area (Å²) in [6.07, 6.45) is 16.0. The first-order valence-corrected chi connectivity index (χ1v) is 12.9. The lowest BCUT2D eigenvalue weighted by Crippen LogP contribution is -2.25. The van der Waals surface area contributed by atoms with Gasteiger partial charge in [0.05, 0.1) is 0 Å². The third kappa shape index (κ3) is 7.82. The van der Waals surface area contributed by atoms with Crippen molar-refractivity contribution in [1.29, 1.82) is 0 Å². The van der Waals surface area contributed by atoms with Crippen LogP contribution >= 0.6 is 0 Å². The second-order valence-electron chi connectivity index (χ2n) is 10.4. The van der Waals surface area contributed by atoms with Gasteiger partial charge in [-0.05, 0) is 99.7 Å². The number of hydrogen-bond acceptors (Lipinski definition) is 0. The van der Waals surface area contributed by atoms with Gasteiger partial charge in [-0.1, -0.05) is 50.7 Å². The van der Waals surface area contributed by atoms with Crippen LogP contribution in [-0.4, -0.2) is 0 Å². The zero-order valence-electron chi connectivity index (χ0n) is 19.9. The summed E-state index contributed by atoms with van der Waals surface area (Å²) in [4.78, 5) is 0. The number of halogens is 5. The fourth-order valence-corrected chi connectivity index (χ4v) is 6.20. The quantitative estimate of drug-likeness (QED) is 0.191.